The van der Waals surface area contributed by atoms with Gasteiger partial charge in [-0.25, -0.2) is 0 Å². The minimum Gasteiger partial charge on any atom is -0.423 e. The highest BCUT2D eigenvalue weighted by Crippen LogP contribution is 2.20. The van der Waals surface area contributed by atoms with Crippen molar-refractivity contribution in [3.63, 3.8) is 0 Å². The monoisotopic (exact) mass is 320 g/mol. The average molecular weight is 321 g/mol. The highest BCUT2D eigenvalue weighted by Gasteiger charge is 2.31. The van der Waals surface area contributed by atoms with Gasteiger partial charge in [0.1, 0.15) is 0 Å². The molecule has 2 aromatic rings. The van der Waals surface area contributed by atoms with Gasteiger partial charge in [0.05, 0.1) is 12.1 Å². The second-order valence-corrected chi connectivity index (χ2v) is 6.77. The Hall–Kier alpha value is -1.30. The second-order valence-electron chi connectivity index (χ2n) is 6.33. The number of halogens is 1. The smallest absolute Gasteiger partial charge is 0.423 e. The van der Waals surface area contributed by atoms with Gasteiger partial charge in [-0.05, 0) is 37.5 Å². The predicted octanol–water partition coefficient (Wildman–Crippen LogP) is 2.72. The van der Waals surface area contributed by atoms with Gasteiger partial charge in [0.2, 0.25) is 0 Å². The minimum atomic E-state index is -0.981. The van der Waals surface area contributed by atoms with E-state index in [9.17, 15) is 5.02 Å². The van der Waals surface area contributed by atoms with Crippen molar-refractivity contribution in [3.05, 3.63) is 47.2 Å². The molecule has 0 amide bonds. The highest BCUT2D eigenvalue weighted by molar-refractivity contribution is 6.59. The molecule has 0 aliphatic carbocycles. The van der Waals surface area contributed by atoms with Gasteiger partial charge in [-0.2, -0.15) is 5.10 Å². The van der Waals surface area contributed by atoms with E-state index in [1.807, 2.05) is 38.1 Å². The maximum atomic E-state index is 10.2. The summed E-state index contributed by atoms with van der Waals surface area (Å²) < 4.78 is 7.51. The molecule has 0 saturated heterocycles. The standard InChI is InChI=1S/C16H22BClN2O2/c1-12(2)16(3,4)22-17(21)14-9-19-20(11-14)10-13-6-5-7-15(18)8-13/h5-9,11-12,21H,10H2,1-4H3. The zero-order valence-electron chi connectivity index (χ0n) is 13.5. The maximum Gasteiger partial charge on any atom is 0.494 e. The van der Waals surface area contributed by atoms with Crippen LogP contribution in [-0.4, -0.2) is 27.5 Å². The molecule has 1 aromatic carbocycles. The Bertz CT molecular complexity index is 628. The predicted molar refractivity (Wildman–Crippen MR) is 90.4 cm³/mol. The molecule has 1 N–H and O–H groups in total. The molecule has 0 spiro atoms. The molecule has 0 aliphatic heterocycles. The van der Waals surface area contributed by atoms with E-state index in [-0.39, 0.29) is 0 Å². The highest BCUT2D eigenvalue weighted by atomic mass is 35.5. The Labute approximate surface area is 137 Å². The van der Waals surface area contributed by atoms with Crippen LogP contribution in [0.15, 0.2) is 36.7 Å². The summed E-state index contributed by atoms with van der Waals surface area (Å²) in [5.41, 5.74) is 1.30. The molecular weight excluding hydrogens is 298 g/mol. The molecule has 0 bridgehead atoms. The van der Waals surface area contributed by atoms with Crippen LogP contribution in [0.5, 0.6) is 0 Å². The number of rotatable bonds is 6. The van der Waals surface area contributed by atoms with Gasteiger partial charge >= 0.3 is 7.12 Å². The molecule has 118 valence electrons. The van der Waals surface area contributed by atoms with E-state index in [1.165, 1.54) is 0 Å². The lowest BCUT2D eigenvalue weighted by Crippen LogP contribution is -2.44. The van der Waals surface area contributed by atoms with Crippen molar-refractivity contribution < 1.29 is 9.68 Å². The average Bonchev–Trinajstić information content (AvgIpc) is 2.86. The third kappa shape index (κ3) is 4.35. The van der Waals surface area contributed by atoms with Crippen LogP contribution in [0.2, 0.25) is 5.02 Å². The first-order chi connectivity index (χ1) is 10.3. The molecule has 0 aliphatic rings. The van der Waals surface area contributed by atoms with Crippen LogP contribution in [0.4, 0.5) is 0 Å². The van der Waals surface area contributed by atoms with Crippen molar-refractivity contribution in [3.8, 4) is 0 Å². The van der Waals surface area contributed by atoms with Crippen molar-refractivity contribution in [2.24, 2.45) is 5.92 Å². The largest absolute Gasteiger partial charge is 0.494 e. The van der Waals surface area contributed by atoms with Gasteiger partial charge in [0, 0.05) is 22.9 Å². The van der Waals surface area contributed by atoms with Crippen molar-refractivity contribution in [2.45, 2.75) is 39.8 Å². The Morgan fingerprint density at radius 3 is 2.77 bits per heavy atom. The third-order valence-corrected chi connectivity index (χ3v) is 4.21. The van der Waals surface area contributed by atoms with Gasteiger partial charge in [-0.3, -0.25) is 4.68 Å². The molecule has 1 heterocycles. The Morgan fingerprint density at radius 2 is 2.14 bits per heavy atom. The molecule has 0 atom stereocenters. The van der Waals surface area contributed by atoms with Crippen LogP contribution in [0.3, 0.4) is 0 Å². The topological polar surface area (TPSA) is 47.3 Å². The summed E-state index contributed by atoms with van der Waals surface area (Å²) >= 11 is 5.98. The maximum absolute atomic E-state index is 10.2. The zero-order valence-corrected chi connectivity index (χ0v) is 14.2. The van der Waals surface area contributed by atoms with Gasteiger partial charge in [0.15, 0.2) is 0 Å². The van der Waals surface area contributed by atoms with Crippen LogP contribution in [-0.2, 0) is 11.2 Å². The lowest BCUT2D eigenvalue weighted by molar-refractivity contribution is 0.0423. The fraction of sp³-hybridized carbons (Fsp3) is 0.438. The Kier molecular flexibility index (Phi) is 5.32. The van der Waals surface area contributed by atoms with Gasteiger partial charge < -0.3 is 9.68 Å². The number of aromatic nitrogens is 2. The number of hydrogen-bond donors (Lipinski definition) is 1. The number of nitrogens with zero attached hydrogens (tertiary/aromatic N) is 2. The van der Waals surface area contributed by atoms with Crippen molar-refractivity contribution >= 4 is 24.2 Å². The molecular formula is C16H22BClN2O2. The summed E-state index contributed by atoms with van der Waals surface area (Å²) in [5, 5.41) is 15.2. The Morgan fingerprint density at radius 1 is 1.41 bits per heavy atom. The first-order valence-corrected chi connectivity index (χ1v) is 7.78. The first-order valence-electron chi connectivity index (χ1n) is 7.40. The summed E-state index contributed by atoms with van der Waals surface area (Å²) in [6.07, 6.45) is 3.42. The number of benzene rings is 1. The zero-order chi connectivity index (χ0) is 16.3. The van der Waals surface area contributed by atoms with E-state index < -0.39 is 12.7 Å². The molecule has 0 fully saturated rings. The normalized spacial score (nSPS) is 12.0. The molecule has 4 nitrogen and oxygen atoms in total. The lowest BCUT2D eigenvalue weighted by atomic mass is 9.79. The lowest BCUT2D eigenvalue weighted by Gasteiger charge is -2.31. The van der Waals surface area contributed by atoms with E-state index in [4.69, 9.17) is 16.3 Å². The quantitative estimate of drug-likeness (QED) is 0.833. The summed E-state index contributed by atoms with van der Waals surface area (Å²) in [6.45, 7) is 8.67. The third-order valence-electron chi connectivity index (χ3n) is 3.98. The van der Waals surface area contributed by atoms with Gasteiger partial charge in [-0.15, -0.1) is 0 Å². The SMILES string of the molecule is CC(C)C(C)(C)OB(O)c1cnn(Cc2cccc(Cl)c2)c1. The van der Waals surface area contributed by atoms with Crippen LogP contribution in [0.1, 0.15) is 33.3 Å². The van der Waals surface area contributed by atoms with E-state index in [0.29, 0.717) is 22.9 Å². The van der Waals surface area contributed by atoms with Crippen molar-refractivity contribution in [1.29, 1.82) is 0 Å². The second kappa shape index (κ2) is 6.86. The van der Waals surface area contributed by atoms with Crippen molar-refractivity contribution in [2.75, 3.05) is 0 Å². The van der Waals surface area contributed by atoms with Crippen LogP contribution in [0, 0.1) is 5.92 Å². The van der Waals surface area contributed by atoms with E-state index in [0.717, 1.165) is 5.56 Å². The molecule has 22 heavy (non-hydrogen) atoms. The van der Waals surface area contributed by atoms with E-state index in [2.05, 4.69) is 18.9 Å². The fourth-order valence-electron chi connectivity index (χ4n) is 1.91. The van der Waals surface area contributed by atoms with Crippen LogP contribution < -0.4 is 5.46 Å². The van der Waals surface area contributed by atoms with Gasteiger partial charge in [0.25, 0.3) is 0 Å². The summed E-state index contributed by atoms with van der Waals surface area (Å²) in [5.74, 6) is 0.295. The van der Waals surface area contributed by atoms with Gasteiger partial charge in [-0.1, -0.05) is 37.6 Å². The minimum absolute atomic E-state index is 0.295. The first kappa shape index (κ1) is 17.1. The van der Waals surface area contributed by atoms with Crippen molar-refractivity contribution in [1.82, 2.24) is 9.78 Å². The van der Waals surface area contributed by atoms with E-state index >= 15 is 0 Å². The number of hydrogen-bond acceptors (Lipinski definition) is 3. The summed E-state index contributed by atoms with van der Waals surface area (Å²) in [4.78, 5) is 0. The molecule has 0 radical (unpaired) electrons. The van der Waals surface area contributed by atoms with Crippen LogP contribution in [0.25, 0.3) is 0 Å². The molecule has 2 rings (SSSR count). The summed E-state index contributed by atoms with van der Waals surface area (Å²) in [7, 11) is -0.981. The molecule has 1 aromatic heterocycles. The van der Waals surface area contributed by atoms with E-state index in [1.54, 1.807) is 17.1 Å². The Balaban J connectivity index is 2.05. The molecule has 6 heteroatoms. The summed E-state index contributed by atoms with van der Waals surface area (Å²) in [6, 6.07) is 7.64. The van der Waals surface area contributed by atoms with Crippen LogP contribution >= 0.6 is 11.6 Å². The fourth-order valence-corrected chi connectivity index (χ4v) is 2.12. The molecule has 0 saturated carbocycles. The molecule has 0 unspecified atom stereocenters.